The Kier molecular flexibility index (Phi) is 5.80. The molecule has 4 rings (SSSR count). The summed E-state index contributed by atoms with van der Waals surface area (Å²) in [6.45, 7) is 4.17. The van der Waals surface area contributed by atoms with Crippen molar-refractivity contribution in [1.82, 2.24) is 18.8 Å². The molecule has 0 aliphatic carbocycles. The van der Waals surface area contributed by atoms with Crippen LogP contribution in [0, 0.1) is 0 Å². The molecule has 3 aromatic heterocycles. The number of halogens is 2. The molecule has 8 heteroatoms. The number of carbonyl (C=O) groups is 1. The van der Waals surface area contributed by atoms with E-state index in [0.29, 0.717) is 17.1 Å². The average molecular weight is 535 g/mol. The molecule has 29 heavy (non-hydrogen) atoms. The predicted octanol–water partition coefficient (Wildman–Crippen LogP) is 6.01. The van der Waals surface area contributed by atoms with E-state index in [9.17, 15) is 4.79 Å². The first kappa shape index (κ1) is 20.2. The molecule has 0 spiro atoms. The van der Waals surface area contributed by atoms with Gasteiger partial charge in [-0.15, -0.1) is 6.58 Å². The maximum atomic E-state index is 12.7. The van der Waals surface area contributed by atoms with Crippen molar-refractivity contribution in [2.24, 2.45) is 0 Å². The monoisotopic (exact) mass is 534 g/mol. The zero-order valence-electron chi connectivity index (χ0n) is 15.5. The van der Waals surface area contributed by atoms with Crippen LogP contribution < -0.4 is 0 Å². The van der Waals surface area contributed by atoms with Gasteiger partial charge in [0.2, 0.25) is 0 Å². The number of amides is 1. The summed E-state index contributed by atoms with van der Waals surface area (Å²) in [7, 11) is 3.28. The highest BCUT2D eigenvalue weighted by molar-refractivity contribution is 14.2. The molecule has 0 fully saturated rings. The summed E-state index contributed by atoms with van der Waals surface area (Å²) in [5, 5.41) is 2.45. The SMILES string of the molecule is C=CCN(C)C(=O)c1cnc2c(c1)c(-c1ccc3nccc(Cl)c3c1)cn2SI. The smallest absolute Gasteiger partial charge is 0.255 e. The first-order valence-corrected chi connectivity index (χ1v) is 12.4. The molecule has 0 aliphatic heterocycles. The fourth-order valence-electron chi connectivity index (χ4n) is 3.26. The molecule has 0 atom stereocenters. The van der Waals surface area contributed by atoms with Crippen LogP contribution in [0.1, 0.15) is 10.4 Å². The Balaban J connectivity index is 1.90. The van der Waals surface area contributed by atoms with Gasteiger partial charge < -0.3 is 4.90 Å². The Morgan fingerprint density at radius 3 is 2.90 bits per heavy atom. The molecule has 0 saturated carbocycles. The summed E-state index contributed by atoms with van der Waals surface area (Å²) in [6.07, 6.45) is 7.05. The molecule has 5 nitrogen and oxygen atoms in total. The van der Waals surface area contributed by atoms with Gasteiger partial charge in [-0.05, 0) is 29.8 Å². The maximum absolute atomic E-state index is 12.7. The van der Waals surface area contributed by atoms with Crippen LogP contribution in [0.5, 0.6) is 0 Å². The molecule has 0 N–H and O–H groups in total. The summed E-state index contributed by atoms with van der Waals surface area (Å²) in [5.74, 6) is -0.0918. The second-order valence-corrected chi connectivity index (χ2v) is 8.65. The van der Waals surface area contributed by atoms with E-state index < -0.39 is 0 Å². The molecule has 146 valence electrons. The zero-order chi connectivity index (χ0) is 20.5. The van der Waals surface area contributed by atoms with Gasteiger partial charge in [0.15, 0.2) is 5.65 Å². The van der Waals surface area contributed by atoms with Crippen molar-refractivity contribution in [3.05, 3.63) is 72.2 Å². The van der Waals surface area contributed by atoms with Crippen molar-refractivity contribution < 1.29 is 4.79 Å². The first-order chi connectivity index (χ1) is 14.0. The van der Waals surface area contributed by atoms with Crippen LogP contribution in [0.25, 0.3) is 33.1 Å². The van der Waals surface area contributed by atoms with E-state index in [4.69, 9.17) is 11.6 Å². The minimum Gasteiger partial charge on any atom is -0.338 e. The number of pyridine rings is 2. The third-order valence-corrected chi connectivity index (χ3v) is 6.71. The van der Waals surface area contributed by atoms with Crippen LogP contribution >= 0.6 is 41.9 Å². The summed E-state index contributed by atoms with van der Waals surface area (Å²) < 4.78 is 1.99. The highest BCUT2D eigenvalue weighted by Gasteiger charge is 2.17. The normalized spacial score (nSPS) is 11.1. The van der Waals surface area contributed by atoms with E-state index in [0.717, 1.165) is 33.1 Å². The number of benzene rings is 1. The molecular formula is C21H16ClIN4OS. The second-order valence-electron chi connectivity index (χ2n) is 6.53. The van der Waals surface area contributed by atoms with E-state index in [1.165, 1.54) is 9.12 Å². The third-order valence-electron chi connectivity index (χ3n) is 4.68. The minimum atomic E-state index is -0.0918. The van der Waals surface area contributed by atoms with E-state index in [2.05, 4.69) is 37.8 Å². The fourth-order valence-corrected chi connectivity index (χ4v) is 4.72. The molecule has 0 radical (unpaired) electrons. The Morgan fingerprint density at radius 1 is 1.31 bits per heavy atom. The van der Waals surface area contributed by atoms with Crippen LogP contribution in [0.4, 0.5) is 0 Å². The number of nitrogens with zero attached hydrogens (tertiary/aromatic N) is 4. The van der Waals surface area contributed by atoms with E-state index >= 15 is 0 Å². The lowest BCUT2D eigenvalue weighted by Gasteiger charge is -2.14. The van der Waals surface area contributed by atoms with Gasteiger partial charge in [0, 0.05) is 78.8 Å². The molecular weight excluding hydrogens is 519 g/mol. The molecule has 1 amide bonds. The maximum Gasteiger partial charge on any atom is 0.255 e. The van der Waals surface area contributed by atoms with Crippen molar-refractivity contribution in [3.8, 4) is 11.1 Å². The number of fused-ring (bicyclic) bond motifs is 2. The molecule has 1 aromatic carbocycles. The molecule has 0 bridgehead atoms. The summed E-state index contributed by atoms with van der Waals surface area (Å²) in [6, 6.07) is 9.68. The number of likely N-dealkylation sites (N-methyl/N-ethyl adjacent to an activating group) is 1. The number of carbonyl (C=O) groups excluding carboxylic acids is 1. The number of aromatic nitrogens is 3. The average Bonchev–Trinajstić information content (AvgIpc) is 3.11. The third kappa shape index (κ3) is 3.74. The quantitative estimate of drug-likeness (QED) is 0.232. The number of rotatable bonds is 5. The molecule has 0 aliphatic rings. The Morgan fingerprint density at radius 2 is 2.14 bits per heavy atom. The largest absolute Gasteiger partial charge is 0.338 e. The van der Waals surface area contributed by atoms with Crippen molar-refractivity contribution in [2.45, 2.75) is 0 Å². The Hall–Kier alpha value is -2.10. The lowest BCUT2D eigenvalue weighted by Crippen LogP contribution is -2.26. The van der Waals surface area contributed by atoms with Crippen LogP contribution in [-0.2, 0) is 0 Å². The van der Waals surface area contributed by atoms with Gasteiger partial charge in [0.25, 0.3) is 5.91 Å². The highest BCUT2D eigenvalue weighted by Crippen LogP contribution is 2.36. The Labute approximate surface area is 189 Å². The zero-order valence-corrected chi connectivity index (χ0v) is 19.2. The van der Waals surface area contributed by atoms with Crippen LogP contribution in [0.3, 0.4) is 0 Å². The van der Waals surface area contributed by atoms with Gasteiger partial charge in [-0.1, -0.05) is 23.7 Å². The van der Waals surface area contributed by atoms with E-state index in [-0.39, 0.29) is 5.91 Å². The van der Waals surface area contributed by atoms with Gasteiger partial charge in [0.1, 0.15) is 0 Å². The highest BCUT2D eigenvalue weighted by atomic mass is 127. The molecule has 0 unspecified atom stereocenters. The van der Waals surface area contributed by atoms with Crippen molar-refractivity contribution in [3.63, 3.8) is 0 Å². The van der Waals surface area contributed by atoms with Gasteiger partial charge >= 0.3 is 0 Å². The van der Waals surface area contributed by atoms with Crippen molar-refractivity contribution >= 4 is 69.8 Å². The van der Waals surface area contributed by atoms with Crippen molar-refractivity contribution in [2.75, 3.05) is 13.6 Å². The summed E-state index contributed by atoms with van der Waals surface area (Å²) >= 11 is 8.60. The summed E-state index contributed by atoms with van der Waals surface area (Å²) in [5.41, 5.74) is 4.17. The molecule has 0 saturated heterocycles. The van der Waals surface area contributed by atoms with Gasteiger partial charge in [0.05, 0.1) is 16.1 Å². The van der Waals surface area contributed by atoms with Crippen LogP contribution in [0.15, 0.2) is 61.6 Å². The Bertz CT molecular complexity index is 1260. The van der Waals surface area contributed by atoms with E-state index in [1.807, 2.05) is 34.4 Å². The van der Waals surface area contributed by atoms with E-state index in [1.54, 1.807) is 36.5 Å². The van der Waals surface area contributed by atoms with Gasteiger partial charge in [-0.3, -0.25) is 13.8 Å². The van der Waals surface area contributed by atoms with Crippen LogP contribution in [0.2, 0.25) is 5.02 Å². The fraction of sp³-hybridized carbons (Fsp3) is 0.0952. The predicted molar refractivity (Wildman–Crippen MR) is 130 cm³/mol. The first-order valence-electron chi connectivity index (χ1n) is 8.74. The lowest BCUT2D eigenvalue weighted by molar-refractivity contribution is 0.0810. The topological polar surface area (TPSA) is 51.0 Å². The second kappa shape index (κ2) is 8.33. The van der Waals surface area contributed by atoms with Gasteiger partial charge in [-0.2, -0.15) is 0 Å². The standard InChI is InChI=1S/C21H16ClIN4OS/c1-3-8-26(2)21(28)14-10-15-17(12-27(29-23)20(15)25-11-14)13-4-5-19-16(9-13)18(22)6-7-24-19/h3-7,9-12H,1,8H2,2H3. The lowest BCUT2D eigenvalue weighted by atomic mass is 10.0. The van der Waals surface area contributed by atoms with Gasteiger partial charge in [-0.25, -0.2) is 4.98 Å². The van der Waals surface area contributed by atoms with Crippen LogP contribution in [-0.4, -0.2) is 38.3 Å². The molecule has 4 aromatic rings. The number of hydrogen-bond donors (Lipinski definition) is 0. The number of hydrogen-bond acceptors (Lipinski definition) is 4. The molecule has 3 heterocycles. The minimum absolute atomic E-state index is 0.0918. The summed E-state index contributed by atoms with van der Waals surface area (Å²) in [4.78, 5) is 23.3. The van der Waals surface area contributed by atoms with Crippen molar-refractivity contribution in [1.29, 1.82) is 0 Å².